The number of nitro groups is 1. The molecule has 1 heterocycles. The van der Waals surface area contributed by atoms with Gasteiger partial charge < -0.3 is 5.11 Å². The van der Waals surface area contributed by atoms with Crippen LogP contribution in [0.25, 0.3) is 11.8 Å². The molecular weight excluding hydrogens is 276 g/mol. The zero-order valence-corrected chi connectivity index (χ0v) is 11.3. The Kier molecular flexibility index (Phi) is 3.79. The van der Waals surface area contributed by atoms with Gasteiger partial charge in [-0.15, -0.1) is 0 Å². The maximum atomic E-state index is 10.8. The Morgan fingerprint density at radius 3 is 2.67 bits per heavy atom. The van der Waals surface area contributed by atoms with Crippen LogP contribution in [0.15, 0.2) is 24.3 Å². The van der Waals surface area contributed by atoms with E-state index in [0.29, 0.717) is 22.9 Å². The van der Waals surface area contributed by atoms with E-state index in [2.05, 4.69) is 10.1 Å². The number of hydrogen-bond acceptors (Lipinski definition) is 5. The molecule has 0 aliphatic rings. The minimum atomic E-state index is -1.14. The summed E-state index contributed by atoms with van der Waals surface area (Å²) in [6.07, 6.45) is 2.21. The Morgan fingerprint density at radius 2 is 2.14 bits per heavy atom. The lowest BCUT2D eigenvalue weighted by Gasteiger charge is -2.07. The first kappa shape index (κ1) is 14.4. The molecule has 0 bridgehead atoms. The highest BCUT2D eigenvalue weighted by atomic mass is 16.6. The Morgan fingerprint density at radius 1 is 1.43 bits per heavy atom. The van der Waals surface area contributed by atoms with Crippen LogP contribution in [0.3, 0.4) is 0 Å². The van der Waals surface area contributed by atoms with E-state index in [1.807, 2.05) is 0 Å². The fourth-order valence-electron chi connectivity index (χ4n) is 1.89. The number of carbonyl (C=O) groups is 1. The zero-order chi connectivity index (χ0) is 15.6. The first-order valence-corrected chi connectivity index (χ1v) is 5.98. The van der Waals surface area contributed by atoms with Crippen molar-refractivity contribution >= 4 is 17.7 Å². The predicted octanol–water partition coefficient (Wildman–Crippen LogP) is 1.89. The van der Waals surface area contributed by atoms with Crippen LogP contribution < -0.4 is 0 Å². The number of nitro benzene ring substituents is 1. The van der Waals surface area contributed by atoms with Crippen LogP contribution >= 0.6 is 0 Å². The first-order valence-electron chi connectivity index (χ1n) is 5.98. The molecule has 0 radical (unpaired) electrons. The number of benzene rings is 1. The third-order valence-electron chi connectivity index (χ3n) is 2.73. The van der Waals surface area contributed by atoms with Crippen molar-refractivity contribution in [3.63, 3.8) is 0 Å². The van der Waals surface area contributed by atoms with Crippen LogP contribution in [0, 0.1) is 24.0 Å². The average molecular weight is 288 g/mol. The summed E-state index contributed by atoms with van der Waals surface area (Å²) >= 11 is 0. The van der Waals surface area contributed by atoms with E-state index in [0.717, 1.165) is 6.08 Å². The molecule has 0 fully saturated rings. The van der Waals surface area contributed by atoms with Crippen molar-refractivity contribution in [1.82, 2.24) is 14.8 Å². The second-order valence-electron chi connectivity index (χ2n) is 4.29. The van der Waals surface area contributed by atoms with Gasteiger partial charge in [0.05, 0.1) is 10.6 Å². The van der Waals surface area contributed by atoms with Gasteiger partial charge in [0.25, 0.3) is 5.69 Å². The van der Waals surface area contributed by atoms with E-state index in [1.54, 1.807) is 13.8 Å². The SMILES string of the molecule is Cc1nc(C)n(-c2ccc([N+](=O)[O-])cc2/C=C/C(=O)O)n1. The first-order chi connectivity index (χ1) is 9.88. The molecule has 1 N–H and O–H groups in total. The number of nitrogens with zero attached hydrogens (tertiary/aromatic N) is 4. The molecule has 108 valence electrons. The Labute approximate surface area is 119 Å². The monoisotopic (exact) mass is 288 g/mol. The number of hydrogen-bond donors (Lipinski definition) is 1. The fraction of sp³-hybridized carbons (Fsp3) is 0.154. The summed E-state index contributed by atoms with van der Waals surface area (Å²) in [5.41, 5.74) is 0.772. The van der Waals surface area contributed by atoms with E-state index < -0.39 is 10.9 Å². The largest absolute Gasteiger partial charge is 0.478 e. The third-order valence-corrected chi connectivity index (χ3v) is 2.73. The molecule has 2 rings (SSSR count). The molecule has 1 aromatic heterocycles. The molecule has 0 saturated heterocycles. The highest BCUT2D eigenvalue weighted by Crippen LogP contribution is 2.23. The van der Waals surface area contributed by atoms with E-state index in [4.69, 9.17) is 5.11 Å². The van der Waals surface area contributed by atoms with Gasteiger partial charge in [0, 0.05) is 23.8 Å². The third kappa shape index (κ3) is 3.11. The van der Waals surface area contributed by atoms with Crippen molar-refractivity contribution < 1.29 is 14.8 Å². The van der Waals surface area contributed by atoms with Crippen LogP contribution in [-0.4, -0.2) is 30.8 Å². The maximum Gasteiger partial charge on any atom is 0.328 e. The standard InChI is InChI=1S/C13H12N4O4/c1-8-14-9(2)16(15-8)12-5-4-11(17(20)21)7-10(12)3-6-13(18)19/h3-7H,1-2H3,(H,18,19)/b6-3+. The van der Waals surface area contributed by atoms with Crippen LogP contribution in [-0.2, 0) is 4.79 Å². The molecule has 21 heavy (non-hydrogen) atoms. The summed E-state index contributed by atoms with van der Waals surface area (Å²) in [6, 6.07) is 4.15. The Bertz CT molecular complexity index is 749. The van der Waals surface area contributed by atoms with Crippen LogP contribution in [0.4, 0.5) is 5.69 Å². The lowest BCUT2D eigenvalue weighted by Crippen LogP contribution is -2.03. The molecule has 8 nitrogen and oxygen atoms in total. The van der Waals surface area contributed by atoms with Gasteiger partial charge in [-0.2, -0.15) is 5.10 Å². The number of rotatable bonds is 4. The summed E-state index contributed by atoms with van der Waals surface area (Å²) in [5.74, 6) is 0.0179. The number of aliphatic carboxylic acids is 1. The molecule has 0 saturated carbocycles. The summed E-state index contributed by atoms with van der Waals surface area (Å²) in [6.45, 7) is 3.47. The predicted molar refractivity (Wildman–Crippen MR) is 74.2 cm³/mol. The van der Waals surface area contributed by atoms with E-state index in [9.17, 15) is 14.9 Å². The molecule has 0 atom stereocenters. The van der Waals surface area contributed by atoms with E-state index in [-0.39, 0.29) is 5.69 Å². The lowest BCUT2D eigenvalue weighted by atomic mass is 10.1. The molecule has 1 aromatic carbocycles. The van der Waals surface area contributed by atoms with Gasteiger partial charge in [-0.3, -0.25) is 10.1 Å². The molecule has 2 aromatic rings. The second-order valence-corrected chi connectivity index (χ2v) is 4.29. The molecule has 0 unspecified atom stereocenters. The number of carboxylic acids is 1. The Balaban J connectivity index is 2.61. The summed E-state index contributed by atoms with van der Waals surface area (Å²) < 4.78 is 1.51. The highest BCUT2D eigenvalue weighted by Gasteiger charge is 2.13. The van der Waals surface area contributed by atoms with Gasteiger partial charge in [-0.05, 0) is 26.0 Å². The lowest BCUT2D eigenvalue weighted by molar-refractivity contribution is -0.384. The van der Waals surface area contributed by atoms with Crippen molar-refractivity contribution in [2.45, 2.75) is 13.8 Å². The van der Waals surface area contributed by atoms with Gasteiger partial charge in [0.15, 0.2) is 0 Å². The molecule has 0 aliphatic carbocycles. The molecule has 0 amide bonds. The number of aromatic nitrogens is 3. The second kappa shape index (κ2) is 5.53. The number of non-ortho nitro benzene ring substituents is 1. The number of carboxylic acid groups (broad SMARTS) is 1. The van der Waals surface area contributed by atoms with Crippen LogP contribution in [0.1, 0.15) is 17.2 Å². The smallest absolute Gasteiger partial charge is 0.328 e. The van der Waals surface area contributed by atoms with Crippen molar-refractivity contribution in [2.75, 3.05) is 0 Å². The Hall–Kier alpha value is -3.03. The molecule has 0 aliphatic heterocycles. The molecular formula is C13H12N4O4. The quantitative estimate of drug-likeness (QED) is 0.522. The topological polar surface area (TPSA) is 111 Å². The highest BCUT2D eigenvalue weighted by molar-refractivity contribution is 5.86. The van der Waals surface area contributed by atoms with Crippen LogP contribution in [0.2, 0.25) is 0 Å². The maximum absolute atomic E-state index is 10.8. The van der Waals surface area contributed by atoms with Crippen molar-refractivity contribution in [3.05, 3.63) is 51.6 Å². The van der Waals surface area contributed by atoms with E-state index in [1.165, 1.54) is 29.0 Å². The minimum absolute atomic E-state index is 0.127. The summed E-state index contributed by atoms with van der Waals surface area (Å²) in [5, 5.41) is 23.8. The average Bonchev–Trinajstić information content (AvgIpc) is 2.74. The van der Waals surface area contributed by atoms with Gasteiger partial charge in [-0.25, -0.2) is 14.5 Å². The summed E-state index contributed by atoms with van der Waals surface area (Å²) in [7, 11) is 0. The number of aryl methyl sites for hydroxylation is 2. The molecule has 8 heteroatoms. The van der Waals surface area contributed by atoms with Crippen molar-refractivity contribution in [3.8, 4) is 5.69 Å². The molecule has 0 spiro atoms. The normalized spacial score (nSPS) is 11.0. The van der Waals surface area contributed by atoms with Gasteiger partial charge in [0.2, 0.25) is 0 Å². The van der Waals surface area contributed by atoms with Gasteiger partial charge >= 0.3 is 5.97 Å². The van der Waals surface area contributed by atoms with E-state index >= 15 is 0 Å². The van der Waals surface area contributed by atoms with Crippen molar-refractivity contribution in [2.24, 2.45) is 0 Å². The van der Waals surface area contributed by atoms with Gasteiger partial charge in [0.1, 0.15) is 11.6 Å². The minimum Gasteiger partial charge on any atom is -0.478 e. The fourth-order valence-corrected chi connectivity index (χ4v) is 1.89. The van der Waals surface area contributed by atoms with Crippen LogP contribution in [0.5, 0.6) is 0 Å². The van der Waals surface area contributed by atoms with Gasteiger partial charge in [-0.1, -0.05) is 0 Å². The summed E-state index contributed by atoms with van der Waals surface area (Å²) in [4.78, 5) is 25.1. The van der Waals surface area contributed by atoms with Crippen molar-refractivity contribution in [1.29, 1.82) is 0 Å². The zero-order valence-electron chi connectivity index (χ0n) is 11.3.